The molecule has 6 nitrogen and oxygen atoms in total. The highest BCUT2D eigenvalue weighted by molar-refractivity contribution is 7.22. The van der Waals surface area contributed by atoms with Crippen LogP contribution in [0.3, 0.4) is 0 Å². The lowest BCUT2D eigenvalue weighted by atomic mass is 10.0. The summed E-state index contributed by atoms with van der Waals surface area (Å²) in [6, 6.07) is 4.16. The van der Waals surface area contributed by atoms with Crippen LogP contribution < -0.4 is 10.5 Å². The Labute approximate surface area is 174 Å². The molecule has 0 atom stereocenters. The molecule has 10 heteroatoms. The Balaban J connectivity index is 1.83. The first kappa shape index (κ1) is 20.8. The van der Waals surface area contributed by atoms with Crippen LogP contribution in [-0.4, -0.2) is 40.8 Å². The van der Waals surface area contributed by atoms with Crippen LogP contribution in [-0.2, 0) is 23.9 Å². The second kappa shape index (κ2) is 7.99. The topological polar surface area (TPSA) is 60.3 Å². The number of aromatic nitrogens is 3. The highest BCUT2D eigenvalue weighted by atomic mass is 32.1. The van der Waals surface area contributed by atoms with E-state index in [1.165, 1.54) is 24.3 Å². The van der Waals surface area contributed by atoms with E-state index in [9.17, 15) is 18.0 Å². The van der Waals surface area contributed by atoms with Gasteiger partial charge in [-0.15, -0.1) is 0 Å². The molecule has 1 aliphatic rings. The fourth-order valence-corrected chi connectivity index (χ4v) is 4.64. The SMILES string of the molecule is CCc1nc(=O)c2sc(N3CCOCC3)nc2n1Cc1cccc(C(F)(F)F)c1C. The van der Waals surface area contributed by atoms with E-state index in [1.807, 2.05) is 6.92 Å². The summed E-state index contributed by atoms with van der Waals surface area (Å²) in [7, 11) is 0. The lowest BCUT2D eigenvalue weighted by molar-refractivity contribution is -0.138. The minimum Gasteiger partial charge on any atom is -0.378 e. The average molecular weight is 438 g/mol. The third kappa shape index (κ3) is 3.81. The van der Waals surface area contributed by atoms with E-state index in [1.54, 1.807) is 10.6 Å². The van der Waals surface area contributed by atoms with Gasteiger partial charge in [0.2, 0.25) is 0 Å². The van der Waals surface area contributed by atoms with Gasteiger partial charge in [-0.1, -0.05) is 30.4 Å². The third-order valence-corrected chi connectivity index (χ3v) is 6.36. The molecule has 0 amide bonds. The van der Waals surface area contributed by atoms with Gasteiger partial charge in [0.15, 0.2) is 10.8 Å². The second-order valence-corrected chi connectivity index (χ2v) is 8.09. The van der Waals surface area contributed by atoms with E-state index >= 15 is 0 Å². The maximum atomic E-state index is 13.3. The zero-order valence-electron chi connectivity index (χ0n) is 16.6. The van der Waals surface area contributed by atoms with Crippen LogP contribution in [0.2, 0.25) is 0 Å². The summed E-state index contributed by atoms with van der Waals surface area (Å²) in [5, 5.41) is 0.704. The lowest BCUT2D eigenvalue weighted by Gasteiger charge is -2.25. The van der Waals surface area contributed by atoms with Crippen LogP contribution in [0.5, 0.6) is 0 Å². The smallest absolute Gasteiger partial charge is 0.378 e. The van der Waals surface area contributed by atoms with Gasteiger partial charge in [0.05, 0.1) is 25.3 Å². The predicted octanol–water partition coefficient (Wildman–Crippen LogP) is 3.63. The summed E-state index contributed by atoms with van der Waals surface area (Å²) in [5.74, 6) is 0.503. The molecular weight excluding hydrogens is 417 g/mol. The van der Waals surface area contributed by atoms with Crippen LogP contribution in [0.4, 0.5) is 18.3 Å². The molecule has 1 aromatic carbocycles. The summed E-state index contributed by atoms with van der Waals surface area (Å²) in [6.07, 6.45) is -3.96. The number of hydrogen-bond donors (Lipinski definition) is 0. The Kier molecular flexibility index (Phi) is 5.54. The maximum Gasteiger partial charge on any atom is 0.416 e. The van der Waals surface area contributed by atoms with Crippen molar-refractivity contribution in [3.8, 4) is 0 Å². The van der Waals surface area contributed by atoms with Crippen molar-refractivity contribution in [3.05, 3.63) is 51.1 Å². The van der Waals surface area contributed by atoms with Gasteiger partial charge in [0, 0.05) is 19.5 Å². The number of anilines is 1. The number of thiazole rings is 1. The summed E-state index contributed by atoms with van der Waals surface area (Å²) in [4.78, 5) is 23.5. The number of aryl methyl sites for hydroxylation is 1. The van der Waals surface area contributed by atoms with Crippen LogP contribution in [0.25, 0.3) is 10.3 Å². The van der Waals surface area contributed by atoms with Crippen molar-refractivity contribution in [2.75, 3.05) is 31.2 Å². The van der Waals surface area contributed by atoms with Gasteiger partial charge in [0.25, 0.3) is 5.56 Å². The molecule has 0 spiro atoms. The number of hydrogen-bond acceptors (Lipinski definition) is 6. The Hall–Kier alpha value is -2.46. The first-order valence-corrected chi connectivity index (χ1v) is 10.5. The third-order valence-electron chi connectivity index (χ3n) is 5.27. The fourth-order valence-electron chi connectivity index (χ4n) is 3.63. The summed E-state index contributed by atoms with van der Waals surface area (Å²) < 4.78 is 47.6. The van der Waals surface area contributed by atoms with Crippen LogP contribution >= 0.6 is 11.3 Å². The zero-order chi connectivity index (χ0) is 21.5. The van der Waals surface area contributed by atoms with Gasteiger partial charge < -0.3 is 14.2 Å². The number of alkyl halides is 3. The first-order chi connectivity index (χ1) is 14.3. The number of benzene rings is 1. The van der Waals surface area contributed by atoms with Gasteiger partial charge in [-0.05, 0) is 24.1 Å². The van der Waals surface area contributed by atoms with E-state index in [4.69, 9.17) is 9.72 Å². The predicted molar refractivity (Wildman–Crippen MR) is 109 cm³/mol. The maximum absolute atomic E-state index is 13.3. The molecule has 1 saturated heterocycles. The van der Waals surface area contributed by atoms with Gasteiger partial charge in [-0.2, -0.15) is 18.2 Å². The largest absolute Gasteiger partial charge is 0.416 e. The van der Waals surface area contributed by atoms with Crippen LogP contribution in [0.1, 0.15) is 29.4 Å². The first-order valence-electron chi connectivity index (χ1n) is 9.68. The molecule has 3 aromatic rings. The molecule has 0 aliphatic carbocycles. The monoisotopic (exact) mass is 438 g/mol. The van der Waals surface area contributed by atoms with Crippen LogP contribution in [0.15, 0.2) is 23.0 Å². The summed E-state index contributed by atoms with van der Waals surface area (Å²) in [6.45, 7) is 6.01. The highest BCUT2D eigenvalue weighted by Crippen LogP contribution is 2.34. The molecule has 0 N–H and O–H groups in total. The molecule has 30 heavy (non-hydrogen) atoms. The fraction of sp³-hybridized carbons (Fsp3) is 0.450. The average Bonchev–Trinajstić information content (AvgIpc) is 3.17. The van der Waals surface area contributed by atoms with Gasteiger partial charge in [0.1, 0.15) is 10.5 Å². The minimum atomic E-state index is -4.42. The van der Waals surface area contributed by atoms with Crippen molar-refractivity contribution in [3.63, 3.8) is 0 Å². The number of rotatable bonds is 4. The number of halogens is 3. The van der Waals surface area contributed by atoms with Crippen molar-refractivity contribution in [1.29, 1.82) is 0 Å². The Bertz CT molecular complexity index is 1130. The van der Waals surface area contributed by atoms with Crippen molar-refractivity contribution in [1.82, 2.24) is 14.5 Å². The quantitative estimate of drug-likeness (QED) is 0.623. The second-order valence-electron chi connectivity index (χ2n) is 7.11. The Morgan fingerprint density at radius 2 is 1.93 bits per heavy atom. The molecule has 3 heterocycles. The zero-order valence-corrected chi connectivity index (χ0v) is 17.4. The molecule has 0 unspecified atom stereocenters. The summed E-state index contributed by atoms with van der Waals surface area (Å²) in [5.41, 5.74) is 0.149. The molecule has 4 rings (SSSR count). The molecule has 160 valence electrons. The van der Waals surface area contributed by atoms with E-state index in [-0.39, 0.29) is 17.7 Å². The normalized spacial score (nSPS) is 15.2. The van der Waals surface area contributed by atoms with Crippen LogP contribution in [0, 0.1) is 6.92 Å². The molecule has 1 fully saturated rings. The lowest BCUT2D eigenvalue weighted by Crippen LogP contribution is -2.36. The van der Waals surface area contributed by atoms with Gasteiger partial charge >= 0.3 is 6.18 Å². The van der Waals surface area contributed by atoms with Gasteiger partial charge in [-0.25, -0.2) is 4.98 Å². The highest BCUT2D eigenvalue weighted by Gasteiger charge is 2.33. The number of ether oxygens (including phenoxy) is 1. The van der Waals surface area contributed by atoms with E-state index in [2.05, 4.69) is 9.88 Å². The molecule has 1 aliphatic heterocycles. The van der Waals surface area contributed by atoms with E-state index in [0.29, 0.717) is 59.6 Å². The Morgan fingerprint density at radius 3 is 2.60 bits per heavy atom. The molecule has 0 radical (unpaired) electrons. The molecule has 0 bridgehead atoms. The number of nitrogens with zero attached hydrogens (tertiary/aromatic N) is 4. The van der Waals surface area contributed by atoms with Crippen molar-refractivity contribution < 1.29 is 17.9 Å². The van der Waals surface area contributed by atoms with Crippen molar-refractivity contribution >= 4 is 26.8 Å². The van der Waals surface area contributed by atoms with E-state index < -0.39 is 11.7 Å². The van der Waals surface area contributed by atoms with Gasteiger partial charge in [-0.3, -0.25) is 4.79 Å². The molecule has 0 saturated carbocycles. The van der Waals surface area contributed by atoms with E-state index in [0.717, 1.165) is 6.07 Å². The van der Waals surface area contributed by atoms with Crippen molar-refractivity contribution in [2.45, 2.75) is 33.0 Å². The van der Waals surface area contributed by atoms with Crippen molar-refractivity contribution in [2.24, 2.45) is 0 Å². The molecular formula is C20H21F3N4O2S. The number of fused-ring (bicyclic) bond motifs is 1. The summed E-state index contributed by atoms with van der Waals surface area (Å²) >= 11 is 1.27. The number of morpholine rings is 1. The standard InChI is InChI=1S/C20H21F3N4O2S/c1-3-15-24-18(28)16-17(25-19(30-16)26-7-9-29-10-8-26)27(15)11-13-5-4-6-14(12(13)2)20(21,22)23/h4-6H,3,7-11H2,1-2H3. The minimum absolute atomic E-state index is 0.162. The molecule has 2 aromatic heterocycles. The Morgan fingerprint density at radius 1 is 1.20 bits per heavy atom.